The molecule has 1 aromatic carbocycles. The number of nitrogens with two attached hydrogens (primary N) is 1. The topological polar surface area (TPSA) is 108 Å². The van der Waals surface area contributed by atoms with Crippen LogP contribution in [0.25, 0.3) is 0 Å². The Morgan fingerprint density at radius 2 is 2.03 bits per heavy atom. The second-order valence-corrected chi connectivity index (χ2v) is 10.5. The Morgan fingerprint density at radius 1 is 1.26 bits per heavy atom. The van der Waals surface area contributed by atoms with E-state index in [0.717, 1.165) is 24.8 Å². The van der Waals surface area contributed by atoms with Crippen molar-refractivity contribution in [1.29, 1.82) is 0 Å². The first kappa shape index (κ1) is 27.6. The molecule has 1 aliphatic heterocycles. The Bertz CT molecular complexity index is 820. The number of rotatable bonds is 10. The van der Waals surface area contributed by atoms with Crippen molar-refractivity contribution >= 4 is 23.7 Å². The third-order valence-corrected chi connectivity index (χ3v) is 7.59. The van der Waals surface area contributed by atoms with Gasteiger partial charge in [-0.25, -0.2) is 9.59 Å². The van der Waals surface area contributed by atoms with Crippen LogP contribution in [0.5, 0.6) is 0 Å². The number of hydrogen-bond acceptors (Lipinski definition) is 4. The molecule has 1 saturated heterocycles. The van der Waals surface area contributed by atoms with Gasteiger partial charge in [-0.1, -0.05) is 55.8 Å². The molecule has 1 heterocycles. The number of carbonyl (C=O) groups excluding carboxylic acids is 1. The number of carboxylic acid groups (broad SMARTS) is 1. The summed E-state index contributed by atoms with van der Waals surface area (Å²) in [7, 11) is 1.52. The molecule has 8 nitrogen and oxygen atoms in total. The lowest BCUT2D eigenvalue weighted by Gasteiger charge is -2.38. The van der Waals surface area contributed by atoms with Gasteiger partial charge < -0.3 is 30.7 Å². The van der Waals surface area contributed by atoms with Crippen LogP contribution in [-0.4, -0.2) is 72.9 Å². The molecule has 3 atom stereocenters. The fraction of sp³-hybridized carbons (Fsp3) is 0.692. The van der Waals surface area contributed by atoms with Crippen LogP contribution in [0, 0.1) is 11.8 Å². The van der Waals surface area contributed by atoms with Gasteiger partial charge in [0.2, 0.25) is 0 Å². The zero-order valence-corrected chi connectivity index (χ0v) is 21.6. The maximum atomic E-state index is 13.2. The zero-order chi connectivity index (χ0) is 25.2. The number of piperidine rings is 1. The van der Waals surface area contributed by atoms with Gasteiger partial charge in [0, 0.05) is 50.2 Å². The number of nitrogens with one attached hydrogen (secondary N) is 1. The van der Waals surface area contributed by atoms with Crippen molar-refractivity contribution in [2.75, 3.05) is 39.8 Å². The maximum absolute atomic E-state index is 13.2. The summed E-state index contributed by atoms with van der Waals surface area (Å²) in [5.74, 6) is 0.731. The Kier molecular flexibility index (Phi) is 10.9. The minimum absolute atomic E-state index is 0.00231. The highest BCUT2D eigenvalue weighted by Crippen LogP contribution is 2.34. The molecule has 1 aliphatic carbocycles. The molecule has 0 aromatic heterocycles. The lowest BCUT2D eigenvalue weighted by Crippen LogP contribution is -2.51. The highest BCUT2D eigenvalue weighted by atomic mass is 35.5. The number of halogens is 1. The maximum Gasteiger partial charge on any atom is 0.407 e. The summed E-state index contributed by atoms with van der Waals surface area (Å²) in [6.45, 7) is 2.25. The molecule has 0 bridgehead atoms. The van der Waals surface area contributed by atoms with Crippen molar-refractivity contribution in [2.45, 2.75) is 63.5 Å². The molecular formula is C26H41ClN4O4. The van der Waals surface area contributed by atoms with Gasteiger partial charge in [-0.05, 0) is 42.9 Å². The fourth-order valence-electron chi connectivity index (χ4n) is 5.35. The third kappa shape index (κ3) is 8.54. The van der Waals surface area contributed by atoms with Crippen LogP contribution >= 0.6 is 11.6 Å². The Balaban J connectivity index is 1.62. The Hall–Kier alpha value is -2.03. The second kappa shape index (κ2) is 13.9. The summed E-state index contributed by atoms with van der Waals surface area (Å²) in [5.41, 5.74) is 6.97. The second-order valence-electron chi connectivity index (χ2n) is 10.0. The van der Waals surface area contributed by atoms with Gasteiger partial charge in [0.1, 0.15) is 0 Å². The van der Waals surface area contributed by atoms with E-state index in [1.54, 1.807) is 0 Å². The standard InChI is InChI=1S/C26H41ClN4O4/c1-30(26(33)34)13-14-35-24(20-9-5-11-22(27)16-20)21-10-6-12-31(18-21)25(32)29-23(17-28)15-19-7-3-2-4-8-19/h5,9,11,16,19,21,23-24H,2-4,6-8,10,12-15,17-18,28H2,1H3,(H,29,32)(H,33,34)/t21-,23+,24+/m1/s1. The van der Waals surface area contributed by atoms with Gasteiger partial charge in [0.15, 0.2) is 0 Å². The Labute approximate surface area is 214 Å². The predicted molar refractivity (Wildman–Crippen MR) is 138 cm³/mol. The average molecular weight is 509 g/mol. The van der Waals surface area contributed by atoms with E-state index in [1.807, 2.05) is 29.2 Å². The smallest absolute Gasteiger partial charge is 0.407 e. The largest absolute Gasteiger partial charge is 0.465 e. The van der Waals surface area contributed by atoms with Crippen molar-refractivity contribution in [1.82, 2.24) is 15.1 Å². The number of hydrogen-bond donors (Lipinski definition) is 3. The number of urea groups is 1. The number of amides is 3. The van der Waals surface area contributed by atoms with Crippen molar-refractivity contribution in [3.05, 3.63) is 34.9 Å². The lowest BCUT2D eigenvalue weighted by molar-refractivity contribution is -0.0155. The molecule has 4 N–H and O–H groups in total. The zero-order valence-electron chi connectivity index (χ0n) is 20.8. The number of nitrogens with zero attached hydrogens (tertiary/aromatic N) is 2. The summed E-state index contributed by atoms with van der Waals surface area (Å²) in [5, 5.41) is 12.9. The van der Waals surface area contributed by atoms with Gasteiger partial charge in [0.05, 0.1) is 12.7 Å². The number of carbonyl (C=O) groups is 2. The summed E-state index contributed by atoms with van der Waals surface area (Å²) in [4.78, 5) is 27.4. The first-order valence-corrected chi connectivity index (χ1v) is 13.3. The van der Waals surface area contributed by atoms with E-state index < -0.39 is 6.09 Å². The van der Waals surface area contributed by atoms with Gasteiger partial charge in [-0.2, -0.15) is 0 Å². The average Bonchev–Trinajstić information content (AvgIpc) is 2.86. The number of likely N-dealkylation sites (tertiary alicyclic amines) is 1. The van der Waals surface area contributed by atoms with E-state index >= 15 is 0 Å². The summed E-state index contributed by atoms with van der Waals surface area (Å²) < 4.78 is 6.23. The summed E-state index contributed by atoms with van der Waals surface area (Å²) in [6.07, 6.45) is 7.80. The molecule has 0 unspecified atom stereocenters. The van der Waals surface area contributed by atoms with E-state index in [0.29, 0.717) is 30.6 Å². The van der Waals surface area contributed by atoms with Crippen LogP contribution in [-0.2, 0) is 4.74 Å². The van der Waals surface area contributed by atoms with Crippen LogP contribution in [0.2, 0.25) is 5.02 Å². The number of likely N-dealkylation sites (N-methyl/N-ethyl adjacent to an activating group) is 1. The van der Waals surface area contributed by atoms with Crippen molar-refractivity contribution in [3.8, 4) is 0 Å². The minimum atomic E-state index is -0.990. The molecule has 0 radical (unpaired) electrons. The molecule has 2 fully saturated rings. The van der Waals surface area contributed by atoms with Crippen LogP contribution in [0.15, 0.2) is 24.3 Å². The highest BCUT2D eigenvalue weighted by Gasteiger charge is 2.32. The summed E-state index contributed by atoms with van der Waals surface area (Å²) >= 11 is 6.26. The van der Waals surface area contributed by atoms with Crippen molar-refractivity contribution in [3.63, 3.8) is 0 Å². The minimum Gasteiger partial charge on any atom is -0.465 e. The van der Waals surface area contributed by atoms with Crippen LogP contribution in [0.3, 0.4) is 0 Å². The van der Waals surface area contributed by atoms with Crippen molar-refractivity contribution < 1.29 is 19.4 Å². The molecule has 196 valence electrons. The van der Waals surface area contributed by atoms with Gasteiger partial charge in [-0.3, -0.25) is 0 Å². The molecule has 9 heteroatoms. The molecular weight excluding hydrogens is 468 g/mol. The van der Waals surface area contributed by atoms with E-state index in [9.17, 15) is 9.59 Å². The predicted octanol–water partition coefficient (Wildman–Crippen LogP) is 4.73. The van der Waals surface area contributed by atoms with E-state index in [1.165, 1.54) is 44.1 Å². The molecule has 1 aromatic rings. The lowest BCUT2D eigenvalue weighted by atomic mass is 9.85. The van der Waals surface area contributed by atoms with E-state index in [-0.39, 0.29) is 37.2 Å². The molecule has 3 amide bonds. The SMILES string of the molecule is CN(CCO[C@@H](c1cccc(Cl)c1)[C@@H]1CCCN(C(=O)N[C@H](CN)CC2CCCCC2)C1)C(=O)O. The van der Waals surface area contributed by atoms with E-state index in [2.05, 4.69) is 5.32 Å². The van der Waals surface area contributed by atoms with Gasteiger partial charge in [0.25, 0.3) is 0 Å². The van der Waals surface area contributed by atoms with Crippen molar-refractivity contribution in [2.24, 2.45) is 17.6 Å². The normalized spacial score (nSPS) is 20.8. The summed E-state index contributed by atoms with van der Waals surface area (Å²) in [6, 6.07) is 7.52. The van der Waals surface area contributed by atoms with Crippen LogP contribution in [0.1, 0.15) is 63.0 Å². The van der Waals surface area contributed by atoms with Crippen LogP contribution in [0.4, 0.5) is 9.59 Å². The quantitative estimate of drug-likeness (QED) is 0.423. The highest BCUT2D eigenvalue weighted by molar-refractivity contribution is 6.30. The molecule has 1 saturated carbocycles. The first-order chi connectivity index (χ1) is 16.9. The van der Waals surface area contributed by atoms with Gasteiger partial charge >= 0.3 is 12.1 Å². The van der Waals surface area contributed by atoms with Gasteiger partial charge in [-0.15, -0.1) is 0 Å². The molecule has 0 spiro atoms. The number of benzene rings is 1. The number of ether oxygens (including phenoxy) is 1. The monoisotopic (exact) mass is 508 g/mol. The van der Waals surface area contributed by atoms with Crippen LogP contribution < -0.4 is 11.1 Å². The third-order valence-electron chi connectivity index (χ3n) is 7.36. The molecule has 35 heavy (non-hydrogen) atoms. The Morgan fingerprint density at radius 3 is 2.71 bits per heavy atom. The first-order valence-electron chi connectivity index (χ1n) is 12.9. The molecule has 2 aliphatic rings. The molecule has 3 rings (SSSR count). The fourth-order valence-corrected chi connectivity index (χ4v) is 5.55. The van der Waals surface area contributed by atoms with E-state index in [4.69, 9.17) is 27.2 Å².